The molecular weight excluding hydrogens is 352 g/mol. The van der Waals surface area contributed by atoms with Gasteiger partial charge in [-0.3, -0.25) is 0 Å². The summed E-state index contributed by atoms with van der Waals surface area (Å²) in [6.07, 6.45) is 3.97. The molecule has 1 aromatic heterocycles. The van der Waals surface area contributed by atoms with E-state index in [-0.39, 0.29) is 0 Å². The van der Waals surface area contributed by atoms with Gasteiger partial charge < -0.3 is 24.9 Å². The van der Waals surface area contributed by atoms with Crippen molar-refractivity contribution in [2.75, 3.05) is 19.7 Å². The number of quaternary nitrogens is 1. The number of carboxylic acid groups (broad SMARTS) is 1. The lowest BCUT2D eigenvalue weighted by Gasteiger charge is -2.09. The van der Waals surface area contributed by atoms with E-state index in [0.29, 0.717) is 6.10 Å². The molecule has 5 heteroatoms. The molecular formula is C23H28N2O3. The van der Waals surface area contributed by atoms with Crippen molar-refractivity contribution >= 4 is 16.9 Å². The zero-order chi connectivity index (χ0) is 19.8. The molecule has 1 aliphatic rings. The van der Waals surface area contributed by atoms with Gasteiger partial charge in [0.25, 0.3) is 0 Å². The smallest absolute Gasteiger partial charge is 0.106 e. The highest BCUT2D eigenvalue weighted by Crippen LogP contribution is 2.30. The summed E-state index contributed by atoms with van der Waals surface area (Å²) in [7, 11) is 0. The number of carboxylic acids is 1. The van der Waals surface area contributed by atoms with Crippen LogP contribution in [0.3, 0.4) is 0 Å². The van der Waals surface area contributed by atoms with E-state index in [1.54, 1.807) is 0 Å². The maximum absolute atomic E-state index is 8.89. The first-order valence-electron chi connectivity index (χ1n) is 9.91. The molecule has 0 spiro atoms. The highest BCUT2D eigenvalue weighted by molar-refractivity contribution is 5.90. The predicted molar refractivity (Wildman–Crippen MR) is 109 cm³/mol. The Labute approximate surface area is 165 Å². The fraction of sp³-hybridized carbons (Fsp3) is 0.348. The molecule has 1 saturated heterocycles. The quantitative estimate of drug-likeness (QED) is 0.641. The van der Waals surface area contributed by atoms with Gasteiger partial charge in [-0.25, -0.2) is 0 Å². The van der Waals surface area contributed by atoms with Crippen LogP contribution >= 0.6 is 0 Å². The summed E-state index contributed by atoms with van der Waals surface area (Å²) in [6, 6.07) is 19.3. The van der Waals surface area contributed by atoms with Gasteiger partial charge in [-0.05, 0) is 37.0 Å². The number of carbonyl (C=O) groups is 1. The molecule has 2 aromatic carbocycles. The van der Waals surface area contributed by atoms with Gasteiger partial charge in [0.1, 0.15) is 12.6 Å². The van der Waals surface area contributed by atoms with Gasteiger partial charge in [0.2, 0.25) is 0 Å². The van der Waals surface area contributed by atoms with Crippen molar-refractivity contribution in [3.05, 3.63) is 60.2 Å². The molecule has 0 saturated carbocycles. The molecule has 0 radical (unpaired) electrons. The molecule has 1 unspecified atom stereocenters. The number of aromatic nitrogens is 1. The molecule has 148 valence electrons. The van der Waals surface area contributed by atoms with Gasteiger partial charge in [0.15, 0.2) is 0 Å². The van der Waals surface area contributed by atoms with Crippen LogP contribution in [0.25, 0.3) is 22.2 Å². The Morgan fingerprint density at radius 3 is 2.61 bits per heavy atom. The Kier molecular flexibility index (Phi) is 7.23. The molecule has 0 bridgehead atoms. The second kappa shape index (κ2) is 10.1. The van der Waals surface area contributed by atoms with Crippen LogP contribution in [0.4, 0.5) is 0 Å². The van der Waals surface area contributed by atoms with Crippen LogP contribution in [0.15, 0.2) is 54.6 Å². The molecule has 3 N–H and O–H groups in total. The zero-order valence-corrected chi connectivity index (χ0v) is 16.3. The first-order chi connectivity index (χ1) is 13.6. The largest absolute Gasteiger partial charge is 0.550 e. The van der Waals surface area contributed by atoms with Crippen LogP contribution in [0.1, 0.15) is 25.3 Å². The number of hydrogen-bond donors (Lipinski definition) is 2. The van der Waals surface area contributed by atoms with Crippen LogP contribution in [-0.4, -0.2) is 36.8 Å². The summed E-state index contributed by atoms with van der Waals surface area (Å²) in [6.45, 7) is 4.10. The Hall–Kier alpha value is -2.63. The standard InChI is InChI=1S/C21H24N2O.C2H4O2/c1-2-7-16(8-3-1)21-19(18-10-4-5-11-20(18)23-21)12-13-22-15-17-9-6-14-24-17;1-2(3)4/h1-5,7-8,10-11,17,22-23H,6,9,12-15H2;1H3,(H,3,4). The predicted octanol–water partition coefficient (Wildman–Crippen LogP) is 1.88. The van der Waals surface area contributed by atoms with E-state index >= 15 is 0 Å². The number of rotatable bonds is 6. The van der Waals surface area contributed by atoms with Gasteiger partial charge in [-0.2, -0.15) is 0 Å². The van der Waals surface area contributed by atoms with E-state index in [1.165, 1.54) is 40.6 Å². The van der Waals surface area contributed by atoms with E-state index in [0.717, 1.165) is 33.0 Å². The zero-order valence-electron chi connectivity index (χ0n) is 16.3. The Morgan fingerprint density at radius 2 is 1.89 bits per heavy atom. The Morgan fingerprint density at radius 1 is 1.18 bits per heavy atom. The summed E-state index contributed by atoms with van der Waals surface area (Å²) in [5.74, 6) is -1.08. The van der Waals surface area contributed by atoms with E-state index in [1.807, 2.05) is 0 Å². The maximum Gasteiger partial charge on any atom is 0.106 e. The third-order valence-corrected chi connectivity index (χ3v) is 4.93. The number of fused-ring (bicyclic) bond motifs is 1. The third-order valence-electron chi connectivity index (χ3n) is 4.93. The molecule has 4 rings (SSSR count). The molecule has 1 fully saturated rings. The van der Waals surface area contributed by atoms with Crippen molar-refractivity contribution in [1.29, 1.82) is 0 Å². The molecule has 2 heterocycles. The van der Waals surface area contributed by atoms with E-state index < -0.39 is 5.97 Å². The summed E-state index contributed by atoms with van der Waals surface area (Å²) in [4.78, 5) is 12.5. The van der Waals surface area contributed by atoms with Gasteiger partial charge in [-0.1, -0.05) is 48.5 Å². The number of hydrogen-bond acceptors (Lipinski definition) is 3. The van der Waals surface area contributed by atoms with Crippen molar-refractivity contribution < 1.29 is 20.0 Å². The molecule has 28 heavy (non-hydrogen) atoms. The van der Waals surface area contributed by atoms with Gasteiger partial charge >= 0.3 is 0 Å². The lowest BCUT2D eigenvalue weighted by molar-refractivity contribution is -0.660. The fourth-order valence-electron chi connectivity index (χ4n) is 3.69. The van der Waals surface area contributed by atoms with E-state index in [2.05, 4.69) is 64.9 Å². The van der Waals surface area contributed by atoms with E-state index in [9.17, 15) is 0 Å². The van der Waals surface area contributed by atoms with Gasteiger partial charge in [-0.15, -0.1) is 0 Å². The second-order valence-corrected chi connectivity index (χ2v) is 7.08. The summed E-state index contributed by atoms with van der Waals surface area (Å²) < 4.78 is 5.72. The minimum absolute atomic E-state index is 0.460. The number of carbonyl (C=O) groups excluding carboxylic acids is 1. The van der Waals surface area contributed by atoms with Gasteiger partial charge in [0, 0.05) is 35.6 Å². The Bertz CT molecular complexity index is 879. The molecule has 1 aliphatic heterocycles. The fourth-order valence-corrected chi connectivity index (χ4v) is 3.69. The monoisotopic (exact) mass is 380 g/mol. The van der Waals surface area contributed by atoms with Gasteiger partial charge in [0.05, 0.1) is 6.54 Å². The number of ether oxygens (including phenoxy) is 1. The average molecular weight is 380 g/mol. The topological polar surface area (TPSA) is 81.8 Å². The van der Waals surface area contributed by atoms with Crippen LogP contribution in [-0.2, 0) is 16.0 Å². The second-order valence-electron chi connectivity index (χ2n) is 7.08. The Balaban J connectivity index is 0.000000516. The molecule has 1 atom stereocenters. The number of nitrogens with two attached hydrogens (primary N) is 1. The summed E-state index contributed by atoms with van der Waals surface area (Å²) in [5, 5.41) is 12.6. The van der Waals surface area contributed by atoms with Crippen LogP contribution in [0, 0.1) is 0 Å². The number of H-pyrrole nitrogens is 1. The van der Waals surface area contributed by atoms with Crippen LogP contribution in [0.5, 0.6) is 0 Å². The number of aromatic amines is 1. The van der Waals surface area contributed by atoms with Crippen molar-refractivity contribution in [2.45, 2.75) is 32.3 Å². The highest BCUT2D eigenvalue weighted by Gasteiger charge is 2.17. The summed E-state index contributed by atoms with van der Waals surface area (Å²) >= 11 is 0. The highest BCUT2D eigenvalue weighted by atomic mass is 16.5. The van der Waals surface area contributed by atoms with Crippen molar-refractivity contribution in [1.82, 2.24) is 4.98 Å². The first kappa shape index (κ1) is 20.1. The minimum atomic E-state index is -1.08. The van der Waals surface area contributed by atoms with Crippen LogP contribution in [0.2, 0.25) is 0 Å². The normalized spacial score (nSPS) is 16.0. The minimum Gasteiger partial charge on any atom is -0.550 e. The average Bonchev–Trinajstić information content (AvgIpc) is 3.33. The molecule has 3 aromatic rings. The summed E-state index contributed by atoms with van der Waals surface area (Å²) in [5.41, 5.74) is 5.19. The third kappa shape index (κ3) is 5.44. The number of nitrogens with one attached hydrogen (secondary N) is 1. The number of benzene rings is 2. The molecule has 5 nitrogen and oxygen atoms in total. The maximum atomic E-state index is 8.89. The first-order valence-corrected chi connectivity index (χ1v) is 9.91. The SMILES string of the molecule is CC(=O)[O-].c1ccc(-c2[nH]c3ccccc3c2CC[NH2+]CC2CCCO2)cc1. The number of aliphatic carboxylic acids is 1. The van der Waals surface area contributed by atoms with Crippen molar-refractivity contribution in [2.24, 2.45) is 0 Å². The lowest BCUT2D eigenvalue weighted by atomic mass is 10.0. The van der Waals surface area contributed by atoms with Crippen molar-refractivity contribution in [3.63, 3.8) is 0 Å². The van der Waals surface area contributed by atoms with Crippen LogP contribution < -0.4 is 10.4 Å². The van der Waals surface area contributed by atoms with E-state index in [4.69, 9.17) is 14.6 Å². The molecule has 0 amide bonds. The number of para-hydroxylation sites is 1. The molecule has 0 aliphatic carbocycles. The van der Waals surface area contributed by atoms with Crippen molar-refractivity contribution in [3.8, 4) is 11.3 Å². The lowest BCUT2D eigenvalue weighted by Crippen LogP contribution is -2.86.